The number of aromatic nitrogens is 3. The van der Waals surface area contributed by atoms with Crippen LogP contribution in [0.3, 0.4) is 0 Å². The lowest BCUT2D eigenvalue weighted by atomic mass is 9.95. The number of nitrogens with zero attached hydrogens (tertiary/aromatic N) is 5. The molecule has 0 unspecified atom stereocenters. The Bertz CT molecular complexity index is 651. The van der Waals surface area contributed by atoms with Crippen molar-refractivity contribution in [2.45, 2.75) is 50.7 Å². The first kappa shape index (κ1) is 16.2. The Kier molecular flexibility index (Phi) is 4.70. The van der Waals surface area contributed by atoms with Crippen molar-refractivity contribution in [3.63, 3.8) is 0 Å². The molecule has 1 aliphatic carbocycles. The molecule has 2 fully saturated rings. The molecule has 2 aromatic rings. The third-order valence-corrected chi connectivity index (χ3v) is 5.94. The van der Waals surface area contributed by atoms with Gasteiger partial charge in [-0.15, -0.1) is 21.5 Å². The Balaban J connectivity index is 1.43. The number of hydrogen-bond donors (Lipinski definition) is 0. The molecule has 0 aromatic carbocycles. The minimum absolute atomic E-state index is 0.577. The average Bonchev–Trinajstić information content (AvgIpc) is 3.11. The van der Waals surface area contributed by atoms with Gasteiger partial charge in [0.2, 0.25) is 0 Å². The lowest BCUT2D eigenvalue weighted by Crippen LogP contribution is -2.33. The van der Waals surface area contributed by atoms with E-state index < -0.39 is 0 Å². The van der Waals surface area contributed by atoms with Crippen LogP contribution in [0.2, 0.25) is 0 Å². The molecule has 0 bridgehead atoms. The summed E-state index contributed by atoms with van der Waals surface area (Å²) in [6, 6.07) is 5.06. The summed E-state index contributed by atoms with van der Waals surface area (Å²) < 4.78 is 2.47. The largest absolute Gasteiger partial charge is 0.311 e. The predicted molar refractivity (Wildman–Crippen MR) is 97.3 cm³/mol. The van der Waals surface area contributed by atoms with Gasteiger partial charge >= 0.3 is 0 Å². The van der Waals surface area contributed by atoms with Gasteiger partial charge < -0.3 is 9.47 Å². The summed E-state index contributed by atoms with van der Waals surface area (Å²) in [6.07, 6.45) is 5.00. The first-order chi connectivity index (χ1) is 11.7. The van der Waals surface area contributed by atoms with Gasteiger partial charge in [-0.1, -0.05) is 6.07 Å². The highest BCUT2D eigenvalue weighted by molar-refractivity contribution is 7.09. The van der Waals surface area contributed by atoms with Crippen LogP contribution < -0.4 is 0 Å². The van der Waals surface area contributed by atoms with E-state index in [2.05, 4.69) is 56.2 Å². The zero-order chi connectivity index (χ0) is 16.5. The molecule has 0 N–H and O–H groups in total. The van der Waals surface area contributed by atoms with Crippen LogP contribution >= 0.6 is 11.3 Å². The highest BCUT2D eigenvalue weighted by Gasteiger charge is 2.33. The van der Waals surface area contributed by atoms with Crippen LogP contribution in [0.25, 0.3) is 0 Å². The second kappa shape index (κ2) is 6.94. The van der Waals surface area contributed by atoms with E-state index in [4.69, 9.17) is 0 Å². The van der Waals surface area contributed by atoms with E-state index in [1.165, 1.54) is 49.5 Å². The zero-order valence-corrected chi connectivity index (χ0v) is 15.5. The first-order valence-corrected chi connectivity index (χ1v) is 9.92. The maximum atomic E-state index is 4.62. The molecule has 0 radical (unpaired) electrons. The van der Waals surface area contributed by atoms with Gasteiger partial charge in [-0.3, -0.25) is 4.90 Å². The summed E-state index contributed by atoms with van der Waals surface area (Å²) in [5.74, 6) is 2.98. The fourth-order valence-corrected chi connectivity index (χ4v) is 4.46. The second-order valence-electron chi connectivity index (χ2n) is 7.44. The molecule has 5 nitrogen and oxygen atoms in total. The highest BCUT2D eigenvalue weighted by atomic mass is 32.1. The average molecular weight is 346 g/mol. The molecule has 4 rings (SSSR count). The topological polar surface area (TPSA) is 37.2 Å². The van der Waals surface area contributed by atoms with E-state index >= 15 is 0 Å². The number of likely N-dealkylation sites (tertiary alicyclic amines) is 1. The Morgan fingerprint density at radius 2 is 1.96 bits per heavy atom. The van der Waals surface area contributed by atoms with Gasteiger partial charge in [-0.05, 0) is 64.3 Å². The van der Waals surface area contributed by atoms with Gasteiger partial charge in [0.15, 0.2) is 0 Å². The van der Waals surface area contributed by atoms with E-state index in [-0.39, 0.29) is 0 Å². The molecule has 1 aliphatic heterocycles. The molecular weight excluding hydrogens is 318 g/mol. The van der Waals surface area contributed by atoms with Gasteiger partial charge in [0.25, 0.3) is 0 Å². The molecule has 0 atom stereocenters. The predicted octanol–water partition coefficient (Wildman–Crippen LogP) is 3.12. The number of rotatable bonds is 6. The van der Waals surface area contributed by atoms with Crippen molar-refractivity contribution in [1.29, 1.82) is 0 Å². The standard InChI is InChI=1S/C18H27N5S/c1-21(2)13-17-19-20-18(23(17)15-5-6-15)14-7-9-22(10-8-14)12-16-4-3-11-24-16/h3-4,11,14-15H,5-10,12-13H2,1-2H3. The number of piperidine rings is 1. The van der Waals surface area contributed by atoms with E-state index in [0.717, 1.165) is 18.9 Å². The third-order valence-electron chi connectivity index (χ3n) is 5.07. The minimum Gasteiger partial charge on any atom is -0.311 e. The Morgan fingerprint density at radius 1 is 1.17 bits per heavy atom. The van der Waals surface area contributed by atoms with Crippen molar-refractivity contribution in [2.24, 2.45) is 0 Å². The van der Waals surface area contributed by atoms with Crippen LogP contribution in [-0.2, 0) is 13.1 Å². The van der Waals surface area contributed by atoms with E-state index in [9.17, 15) is 0 Å². The number of thiophene rings is 1. The number of hydrogen-bond acceptors (Lipinski definition) is 5. The smallest absolute Gasteiger partial charge is 0.147 e. The SMILES string of the molecule is CN(C)Cc1nnc(C2CCN(Cc3cccs3)CC2)n1C1CC1. The first-order valence-electron chi connectivity index (χ1n) is 9.04. The maximum absolute atomic E-state index is 4.62. The molecule has 130 valence electrons. The van der Waals surface area contributed by atoms with Crippen molar-refractivity contribution < 1.29 is 0 Å². The zero-order valence-electron chi connectivity index (χ0n) is 14.7. The summed E-state index contributed by atoms with van der Waals surface area (Å²) in [7, 11) is 4.21. The molecule has 0 amide bonds. The molecule has 24 heavy (non-hydrogen) atoms. The molecular formula is C18H27N5S. The van der Waals surface area contributed by atoms with Crippen LogP contribution in [0.4, 0.5) is 0 Å². The van der Waals surface area contributed by atoms with E-state index in [1.807, 2.05) is 11.3 Å². The van der Waals surface area contributed by atoms with Crippen molar-refractivity contribution >= 4 is 11.3 Å². The Morgan fingerprint density at radius 3 is 2.58 bits per heavy atom. The quantitative estimate of drug-likeness (QED) is 0.806. The van der Waals surface area contributed by atoms with Gasteiger partial charge in [-0.25, -0.2) is 0 Å². The van der Waals surface area contributed by atoms with Crippen LogP contribution in [0, 0.1) is 0 Å². The molecule has 0 spiro atoms. The molecule has 1 saturated carbocycles. The van der Waals surface area contributed by atoms with E-state index in [1.54, 1.807) is 0 Å². The summed E-state index contributed by atoms with van der Waals surface area (Å²) in [5.41, 5.74) is 0. The summed E-state index contributed by atoms with van der Waals surface area (Å²) in [5, 5.41) is 11.3. The highest BCUT2D eigenvalue weighted by Crippen LogP contribution is 2.40. The van der Waals surface area contributed by atoms with Crippen molar-refractivity contribution in [2.75, 3.05) is 27.2 Å². The molecule has 2 aromatic heterocycles. The monoisotopic (exact) mass is 345 g/mol. The fourth-order valence-electron chi connectivity index (χ4n) is 3.71. The lowest BCUT2D eigenvalue weighted by Gasteiger charge is -2.31. The van der Waals surface area contributed by atoms with Crippen LogP contribution in [-0.4, -0.2) is 51.7 Å². The minimum atomic E-state index is 0.577. The molecule has 3 heterocycles. The Labute approximate surface area is 148 Å². The van der Waals surface area contributed by atoms with Crippen molar-refractivity contribution in [1.82, 2.24) is 24.6 Å². The molecule has 1 saturated heterocycles. The van der Waals surface area contributed by atoms with E-state index in [0.29, 0.717) is 12.0 Å². The fraction of sp³-hybridized carbons (Fsp3) is 0.667. The maximum Gasteiger partial charge on any atom is 0.147 e. The Hall–Kier alpha value is -1.24. The van der Waals surface area contributed by atoms with Crippen molar-refractivity contribution in [3.8, 4) is 0 Å². The second-order valence-corrected chi connectivity index (χ2v) is 8.48. The summed E-state index contributed by atoms with van der Waals surface area (Å²) in [4.78, 5) is 6.25. The van der Waals surface area contributed by atoms with Crippen molar-refractivity contribution in [3.05, 3.63) is 34.0 Å². The van der Waals surface area contributed by atoms with Gasteiger partial charge in [0.05, 0.1) is 6.54 Å². The summed E-state index contributed by atoms with van der Waals surface area (Å²) >= 11 is 1.86. The molecule has 2 aliphatic rings. The van der Waals surface area contributed by atoms with Gasteiger partial charge in [0.1, 0.15) is 11.6 Å². The molecule has 6 heteroatoms. The van der Waals surface area contributed by atoms with Crippen LogP contribution in [0.1, 0.15) is 54.2 Å². The lowest BCUT2D eigenvalue weighted by molar-refractivity contribution is 0.201. The van der Waals surface area contributed by atoms with Gasteiger partial charge in [-0.2, -0.15) is 0 Å². The van der Waals surface area contributed by atoms with Crippen LogP contribution in [0.5, 0.6) is 0 Å². The third kappa shape index (κ3) is 3.55. The summed E-state index contributed by atoms with van der Waals surface area (Å²) in [6.45, 7) is 4.33. The van der Waals surface area contributed by atoms with Crippen LogP contribution in [0.15, 0.2) is 17.5 Å². The van der Waals surface area contributed by atoms with Gasteiger partial charge in [0, 0.05) is 23.4 Å². The normalized spacial score (nSPS) is 20.1.